The lowest BCUT2D eigenvalue weighted by Crippen LogP contribution is -2.63. The van der Waals surface area contributed by atoms with E-state index in [0.717, 1.165) is 25.9 Å². The molecule has 0 saturated carbocycles. The van der Waals surface area contributed by atoms with Crippen molar-refractivity contribution in [3.63, 3.8) is 0 Å². The number of ether oxygens (including phenoxy) is 6. The highest BCUT2D eigenvalue weighted by Crippen LogP contribution is 2.45. The fourth-order valence-electron chi connectivity index (χ4n) is 4.64. The van der Waals surface area contributed by atoms with E-state index in [1.54, 1.807) is 0 Å². The Morgan fingerprint density at radius 2 is 1.64 bits per heavy atom. The molecule has 0 aliphatic carbocycles. The van der Waals surface area contributed by atoms with E-state index < -0.39 is 23.5 Å². The van der Waals surface area contributed by atoms with Crippen LogP contribution in [-0.4, -0.2) is 68.0 Å². The van der Waals surface area contributed by atoms with Crippen molar-refractivity contribution in [2.24, 2.45) is 4.99 Å². The van der Waals surface area contributed by atoms with Crippen LogP contribution in [0.5, 0.6) is 0 Å². The third-order valence-corrected chi connectivity index (χ3v) is 6.30. The molecule has 3 fully saturated rings. The average molecular weight is 471 g/mol. The zero-order chi connectivity index (χ0) is 24.0. The molecule has 0 amide bonds. The van der Waals surface area contributed by atoms with Crippen molar-refractivity contribution in [1.82, 2.24) is 5.32 Å². The first-order chi connectivity index (χ1) is 15.7. The molecule has 0 unspecified atom stereocenters. The molecule has 3 aliphatic heterocycles. The molecule has 0 aromatic carbocycles. The Hall–Kier alpha value is -0.930. The van der Waals surface area contributed by atoms with Crippen LogP contribution in [0.3, 0.4) is 0 Å². The van der Waals surface area contributed by atoms with E-state index in [0.29, 0.717) is 12.6 Å². The molecule has 0 aromatic heterocycles. The van der Waals surface area contributed by atoms with Gasteiger partial charge in [0.25, 0.3) is 6.02 Å². The molecule has 3 saturated heterocycles. The number of hydrogen-bond donors (Lipinski definition) is 1. The average Bonchev–Trinajstić information content (AvgIpc) is 3.24. The fraction of sp³-hybridized carbons (Fsp3) is 0.960. The minimum Gasteiger partial charge on any atom is -0.453 e. The monoisotopic (exact) mass is 470 g/mol. The van der Waals surface area contributed by atoms with Gasteiger partial charge in [-0.25, -0.2) is 4.99 Å². The quantitative estimate of drug-likeness (QED) is 0.270. The zero-order valence-corrected chi connectivity index (χ0v) is 21.6. The summed E-state index contributed by atoms with van der Waals surface area (Å²) >= 11 is 0. The van der Waals surface area contributed by atoms with Crippen LogP contribution in [0.1, 0.15) is 92.9 Å². The molecule has 1 N–H and O–H groups in total. The summed E-state index contributed by atoms with van der Waals surface area (Å²) in [4.78, 5) is 4.78. The first-order valence-corrected chi connectivity index (χ1v) is 13.0. The molecule has 3 rings (SSSR count). The van der Waals surface area contributed by atoms with Gasteiger partial charge in [-0.15, -0.1) is 0 Å². The van der Waals surface area contributed by atoms with Gasteiger partial charge < -0.3 is 33.7 Å². The van der Waals surface area contributed by atoms with Gasteiger partial charge in [-0.1, -0.05) is 52.4 Å². The van der Waals surface area contributed by atoms with Gasteiger partial charge in [0.1, 0.15) is 18.8 Å². The number of nitrogens with zero attached hydrogens (tertiary/aromatic N) is 1. The Bertz CT molecular complexity index is 638. The molecule has 192 valence electrons. The van der Waals surface area contributed by atoms with E-state index in [9.17, 15) is 0 Å². The predicted molar refractivity (Wildman–Crippen MR) is 127 cm³/mol. The molecule has 0 aromatic rings. The van der Waals surface area contributed by atoms with Gasteiger partial charge in [-0.2, -0.15) is 0 Å². The Morgan fingerprint density at radius 3 is 2.30 bits per heavy atom. The van der Waals surface area contributed by atoms with Gasteiger partial charge >= 0.3 is 0 Å². The summed E-state index contributed by atoms with van der Waals surface area (Å²) in [5, 5.41) is 3.42. The summed E-state index contributed by atoms with van der Waals surface area (Å²) in [5.74, 6) is -2.55. The lowest BCUT2D eigenvalue weighted by atomic mass is 9.97. The van der Waals surface area contributed by atoms with E-state index in [1.807, 2.05) is 27.7 Å². The smallest absolute Gasteiger partial charge is 0.285 e. The number of hydrogen-bond acceptors (Lipinski definition) is 7. The van der Waals surface area contributed by atoms with Crippen LogP contribution in [0.25, 0.3) is 0 Å². The molecular weight excluding hydrogens is 424 g/mol. The van der Waals surface area contributed by atoms with Gasteiger partial charge in [-0.05, 0) is 40.5 Å². The molecule has 1 spiro atoms. The third kappa shape index (κ3) is 7.28. The van der Waals surface area contributed by atoms with E-state index in [2.05, 4.69) is 19.2 Å². The van der Waals surface area contributed by atoms with Gasteiger partial charge in [0.2, 0.25) is 5.79 Å². The molecular formula is C25H46N2O6. The van der Waals surface area contributed by atoms with Gasteiger partial charge in [0.05, 0.1) is 6.61 Å². The molecule has 33 heavy (non-hydrogen) atoms. The maximum atomic E-state index is 6.55. The maximum Gasteiger partial charge on any atom is 0.285 e. The standard InChI is InChI=1S/C25H46N2O6/c1-7-9-11-13-15-26-22(27-16-14-12-10-8-2)30-21-20-19(31-24(5,6)32-20)17-28-25(21)18-29-23(3,4)33-25/h19-21H,7-18H2,1-6H3,(H,26,27)/t19-,20-,21+,25+/m1/s1. The molecule has 3 aliphatic rings. The second-order valence-corrected chi connectivity index (χ2v) is 10.3. The number of unbranched alkanes of at least 4 members (excludes halogenated alkanes) is 6. The van der Waals surface area contributed by atoms with Crippen LogP contribution in [0.4, 0.5) is 0 Å². The summed E-state index contributed by atoms with van der Waals surface area (Å²) < 4.78 is 37.4. The largest absolute Gasteiger partial charge is 0.453 e. The van der Waals surface area contributed by atoms with Crippen LogP contribution in [0, 0.1) is 0 Å². The van der Waals surface area contributed by atoms with Crippen molar-refractivity contribution in [2.75, 3.05) is 26.3 Å². The molecule has 8 nitrogen and oxygen atoms in total. The van der Waals surface area contributed by atoms with Gasteiger partial charge in [0.15, 0.2) is 17.7 Å². The minimum atomic E-state index is -1.07. The van der Waals surface area contributed by atoms with E-state index in [1.165, 1.54) is 38.5 Å². The topological polar surface area (TPSA) is 79.8 Å². The number of nitrogens with one attached hydrogen (secondary N) is 1. The van der Waals surface area contributed by atoms with Crippen molar-refractivity contribution in [1.29, 1.82) is 0 Å². The first-order valence-electron chi connectivity index (χ1n) is 13.0. The van der Waals surface area contributed by atoms with Gasteiger partial charge in [-0.3, -0.25) is 0 Å². The van der Waals surface area contributed by atoms with Crippen LogP contribution in [-0.2, 0) is 28.4 Å². The van der Waals surface area contributed by atoms with E-state index >= 15 is 0 Å². The van der Waals surface area contributed by atoms with Crippen molar-refractivity contribution >= 4 is 6.02 Å². The van der Waals surface area contributed by atoms with Crippen LogP contribution in [0.15, 0.2) is 4.99 Å². The highest BCUT2D eigenvalue weighted by Gasteiger charge is 2.64. The highest BCUT2D eigenvalue weighted by atomic mass is 16.9. The summed E-state index contributed by atoms with van der Waals surface area (Å²) in [7, 11) is 0. The first kappa shape index (κ1) is 26.7. The maximum absolute atomic E-state index is 6.55. The fourth-order valence-corrected chi connectivity index (χ4v) is 4.64. The lowest BCUT2D eigenvalue weighted by molar-refractivity contribution is -0.323. The normalized spacial score (nSPS) is 32.8. The van der Waals surface area contributed by atoms with Crippen molar-refractivity contribution in [3.05, 3.63) is 0 Å². The number of amidine groups is 1. The van der Waals surface area contributed by atoms with Crippen LogP contribution < -0.4 is 5.32 Å². The predicted octanol–water partition coefficient (Wildman–Crippen LogP) is 4.51. The van der Waals surface area contributed by atoms with E-state index in [4.69, 9.17) is 33.4 Å². The minimum absolute atomic E-state index is 0.238. The summed E-state index contributed by atoms with van der Waals surface area (Å²) in [5.41, 5.74) is 0. The summed E-state index contributed by atoms with van der Waals surface area (Å²) in [6, 6.07) is 0.526. The number of rotatable bonds is 11. The second kappa shape index (κ2) is 11.7. The highest BCUT2D eigenvalue weighted by molar-refractivity contribution is 5.73. The number of fused-ring (bicyclic) bond motifs is 1. The van der Waals surface area contributed by atoms with Crippen molar-refractivity contribution < 1.29 is 28.4 Å². The van der Waals surface area contributed by atoms with Crippen LogP contribution >= 0.6 is 0 Å². The van der Waals surface area contributed by atoms with Crippen molar-refractivity contribution in [3.8, 4) is 0 Å². The number of aliphatic imine (C=N–C) groups is 1. The molecule has 8 heteroatoms. The second-order valence-electron chi connectivity index (χ2n) is 10.3. The Labute approximate surface area is 200 Å². The molecule has 0 bridgehead atoms. The van der Waals surface area contributed by atoms with Crippen molar-refractivity contribution in [2.45, 2.75) is 129 Å². The molecule has 0 radical (unpaired) electrons. The zero-order valence-electron chi connectivity index (χ0n) is 21.6. The molecule has 4 atom stereocenters. The SMILES string of the molecule is CCCCCCN=C(NCCCCCC)O[C@H]1[C@@H]2OC(C)(C)O[C@@H]2CO[C@]12COC(C)(C)O2. The van der Waals surface area contributed by atoms with E-state index in [-0.39, 0.29) is 18.8 Å². The third-order valence-electron chi connectivity index (χ3n) is 6.30. The Balaban J connectivity index is 1.75. The summed E-state index contributed by atoms with van der Waals surface area (Å²) in [6.07, 6.45) is 8.17. The van der Waals surface area contributed by atoms with Gasteiger partial charge in [0, 0.05) is 13.1 Å². The Kier molecular flexibility index (Phi) is 9.43. The summed E-state index contributed by atoms with van der Waals surface area (Å²) in [6.45, 7) is 14.2. The lowest BCUT2D eigenvalue weighted by Gasteiger charge is -2.43. The van der Waals surface area contributed by atoms with Crippen LogP contribution in [0.2, 0.25) is 0 Å². The molecule has 3 heterocycles. The Morgan fingerprint density at radius 1 is 0.909 bits per heavy atom.